The second-order valence-electron chi connectivity index (χ2n) is 7.12. The summed E-state index contributed by atoms with van der Waals surface area (Å²) in [7, 11) is 0. The van der Waals surface area contributed by atoms with Crippen LogP contribution in [0.15, 0.2) is 6.07 Å². The van der Waals surface area contributed by atoms with E-state index in [1.165, 1.54) is 0 Å². The topological polar surface area (TPSA) is 49.8 Å². The van der Waals surface area contributed by atoms with Gasteiger partial charge in [-0.05, 0) is 37.9 Å². The molecule has 1 fully saturated rings. The Labute approximate surface area is 157 Å². The quantitative estimate of drug-likeness (QED) is 0.468. The third-order valence-corrected chi connectivity index (χ3v) is 5.70. The number of benzene rings is 1. The summed E-state index contributed by atoms with van der Waals surface area (Å²) in [6.45, 7) is 0.0889. The molecule has 2 aliphatic rings. The van der Waals surface area contributed by atoms with E-state index in [0.717, 1.165) is 19.3 Å². The molecule has 0 bridgehead atoms. The number of aromatic nitrogens is 2. The minimum atomic E-state index is -1.43. The van der Waals surface area contributed by atoms with Crippen molar-refractivity contribution in [3.8, 4) is 0 Å². The molecule has 4 rings (SSSR count). The number of nitrogens with zero attached hydrogens (tertiary/aromatic N) is 1. The molecule has 2 aromatic rings. The van der Waals surface area contributed by atoms with Crippen molar-refractivity contribution in [1.82, 2.24) is 14.9 Å². The van der Waals surface area contributed by atoms with Crippen LogP contribution in [0.5, 0.6) is 0 Å². The summed E-state index contributed by atoms with van der Waals surface area (Å²) in [5.41, 5.74) is 0.588. The van der Waals surface area contributed by atoms with Gasteiger partial charge in [0, 0.05) is 41.5 Å². The summed E-state index contributed by atoms with van der Waals surface area (Å²) < 4.78 is 57.3. The van der Waals surface area contributed by atoms with Crippen molar-refractivity contribution >= 4 is 18.1 Å². The fourth-order valence-electron chi connectivity index (χ4n) is 3.78. The summed E-state index contributed by atoms with van der Waals surface area (Å²) in [6, 6.07) is 0.397. The van der Waals surface area contributed by atoms with Gasteiger partial charge in [-0.1, -0.05) is 0 Å². The zero-order chi connectivity index (χ0) is 19.3. The molecular formula is C18H17F4N3OS. The second kappa shape index (κ2) is 6.78. The molecule has 4 nitrogen and oxygen atoms in total. The molecule has 2 N–H and O–H groups in total. The zero-order valence-corrected chi connectivity index (χ0v) is 15.1. The first-order chi connectivity index (χ1) is 12.8. The molecule has 1 saturated carbocycles. The summed E-state index contributed by atoms with van der Waals surface area (Å²) in [5, 5.41) is 2.92. The van der Waals surface area contributed by atoms with Crippen LogP contribution in [0.2, 0.25) is 0 Å². The van der Waals surface area contributed by atoms with Gasteiger partial charge < -0.3 is 14.9 Å². The number of imidazole rings is 1. The van der Waals surface area contributed by atoms with Gasteiger partial charge in [-0.2, -0.15) is 0 Å². The van der Waals surface area contributed by atoms with Crippen LogP contribution in [0.25, 0.3) is 0 Å². The molecule has 0 radical (unpaired) electrons. The number of aromatic amines is 1. The Morgan fingerprint density at radius 3 is 2.48 bits per heavy atom. The van der Waals surface area contributed by atoms with E-state index in [-0.39, 0.29) is 37.4 Å². The van der Waals surface area contributed by atoms with Crippen molar-refractivity contribution in [1.29, 1.82) is 0 Å². The van der Waals surface area contributed by atoms with Crippen LogP contribution in [-0.2, 0) is 24.2 Å². The van der Waals surface area contributed by atoms with Crippen LogP contribution >= 0.6 is 12.2 Å². The van der Waals surface area contributed by atoms with E-state index in [2.05, 4.69) is 10.3 Å². The largest absolute Gasteiger partial charge is 0.353 e. The molecule has 1 aliphatic carbocycles. The highest BCUT2D eigenvalue weighted by atomic mass is 32.1. The van der Waals surface area contributed by atoms with Gasteiger partial charge in [0.2, 0.25) is 5.91 Å². The maximum Gasteiger partial charge on any atom is 0.226 e. The van der Waals surface area contributed by atoms with Crippen LogP contribution in [0, 0.1) is 28.0 Å². The van der Waals surface area contributed by atoms with Crippen molar-refractivity contribution in [2.24, 2.45) is 0 Å². The number of amides is 1. The van der Waals surface area contributed by atoms with Crippen LogP contribution in [0.4, 0.5) is 17.6 Å². The highest BCUT2D eigenvalue weighted by Crippen LogP contribution is 2.36. The van der Waals surface area contributed by atoms with Gasteiger partial charge in [0.05, 0.1) is 6.42 Å². The molecule has 2 heterocycles. The summed E-state index contributed by atoms with van der Waals surface area (Å²) in [4.78, 5) is 15.1. The number of nitrogens with one attached hydrogen (secondary N) is 2. The number of halogens is 4. The van der Waals surface area contributed by atoms with E-state index in [1.807, 2.05) is 0 Å². The molecule has 0 unspecified atom stereocenters. The fraction of sp³-hybridized carbons (Fsp3) is 0.444. The van der Waals surface area contributed by atoms with Crippen molar-refractivity contribution in [3.05, 3.63) is 51.1 Å². The first-order valence-corrected chi connectivity index (χ1v) is 9.18. The predicted octanol–water partition coefficient (Wildman–Crippen LogP) is 3.65. The minimum absolute atomic E-state index is 0.0671. The van der Waals surface area contributed by atoms with Crippen molar-refractivity contribution in [2.45, 2.75) is 50.6 Å². The molecular weight excluding hydrogens is 382 g/mol. The van der Waals surface area contributed by atoms with Crippen molar-refractivity contribution in [2.75, 3.05) is 0 Å². The average Bonchev–Trinajstić information content (AvgIpc) is 3.11. The molecule has 144 valence electrons. The summed E-state index contributed by atoms with van der Waals surface area (Å²) in [5.74, 6) is -6.57. The van der Waals surface area contributed by atoms with Gasteiger partial charge in [-0.25, -0.2) is 17.6 Å². The van der Waals surface area contributed by atoms with Crippen LogP contribution in [0.1, 0.15) is 42.1 Å². The molecule has 9 heteroatoms. The summed E-state index contributed by atoms with van der Waals surface area (Å²) in [6.07, 6.45) is 3.22. The Hall–Kier alpha value is -2.16. The lowest BCUT2D eigenvalue weighted by atomic mass is 9.93. The second-order valence-corrected chi connectivity index (χ2v) is 7.51. The molecule has 0 spiro atoms. The first kappa shape index (κ1) is 18.2. The fourth-order valence-corrected chi connectivity index (χ4v) is 4.09. The lowest BCUT2D eigenvalue weighted by Crippen LogP contribution is -2.40. The highest BCUT2D eigenvalue weighted by Gasteiger charge is 2.33. The average molecular weight is 399 g/mol. The van der Waals surface area contributed by atoms with E-state index in [9.17, 15) is 22.4 Å². The number of hydrogen-bond donors (Lipinski definition) is 2. The van der Waals surface area contributed by atoms with E-state index >= 15 is 0 Å². The molecule has 1 amide bonds. The van der Waals surface area contributed by atoms with Gasteiger partial charge in [-0.3, -0.25) is 4.79 Å². The van der Waals surface area contributed by atoms with E-state index in [4.69, 9.17) is 12.2 Å². The first-order valence-electron chi connectivity index (χ1n) is 8.78. The van der Waals surface area contributed by atoms with Gasteiger partial charge in [-0.15, -0.1) is 0 Å². The molecule has 1 aromatic heterocycles. The van der Waals surface area contributed by atoms with Crippen LogP contribution in [-0.4, -0.2) is 21.5 Å². The van der Waals surface area contributed by atoms with Gasteiger partial charge in [0.1, 0.15) is 0 Å². The van der Waals surface area contributed by atoms with Gasteiger partial charge in [0.15, 0.2) is 28.0 Å². The number of fused-ring (bicyclic) bond motifs is 1. The zero-order valence-electron chi connectivity index (χ0n) is 14.3. The number of H-pyrrole nitrogens is 1. The third kappa shape index (κ3) is 3.18. The van der Waals surface area contributed by atoms with Gasteiger partial charge in [0.25, 0.3) is 0 Å². The lowest BCUT2D eigenvalue weighted by Gasteiger charge is -2.26. The minimum Gasteiger partial charge on any atom is -0.353 e. The molecule has 1 aliphatic heterocycles. The Bertz CT molecular complexity index is 954. The molecule has 1 atom stereocenters. The van der Waals surface area contributed by atoms with E-state index in [0.29, 0.717) is 16.2 Å². The maximum absolute atomic E-state index is 14.1. The van der Waals surface area contributed by atoms with Crippen LogP contribution in [0.3, 0.4) is 0 Å². The van der Waals surface area contributed by atoms with Crippen molar-refractivity contribution < 1.29 is 22.4 Å². The maximum atomic E-state index is 14.1. The highest BCUT2D eigenvalue weighted by molar-refractivity contribution is 7.71. The Kier molecular flexibility index (Phi) is 4.57. The number of rotatable bonds is 4. The number of carbonyl (C=O) groups is 1. The van der Waals surface area contributed by atoms with E-state index < -0.39 is 34.8 Å². The standard InChI is InChI=1S/C18H17F4N3OS/c19-10-5-11(20)17(22)15(16(10)21)8-4-13-12(24-18(27)25(13)7-8)6-14(26)23-9-2-1-3-9/h5,8-9H,1-4,6-7H2,(H,23,26)(H,24,27)/t8-/m0/s1. The SMILES string of the molecule is O=C(Cc1[nH]c(=S)n2c1C[C@H](c1c(F)c(F)cc(F)c1F)C2)NC1CCC1. The summed E-state index contributed by atoms with van der Waals surface area (Å²) >= 11 is 5.23. The van der Waals surface area contributed by atoms with Crippen LogP contribution < -0.4 is 5.32 Å². The molecule has 1 aromatic carbocycles. The van der Waals surface area contributed by atoms with E-state index in [1.54, 1.807) is 4.57 Å². The smallest absolute Gasteiger partial charge is 0.226 e. The number of hydrogen-bond acceptors (Lipinski definition) is 2. The van der Waals surface area contributed by atoms with Gasteiger partial charge >= 0.3 is 0 Å². The third-order valence-electron chi connectivity index (χ3n) is 5.38. The Morgan fingerprint density at radius 1 is 1.22 bits per heavy atom. The monoisotopic (exact) mass is 399 g/mol. The molecule has 27 heavy (non-hydrogen) atoms. The normalized spacial score (nSPS) is 19.0. The Morgan fingerprint density at radius 2 is 1.89 bits per heavy atom. The number of carbonyl (C=O) groups excluding carboxylic acids is 1. The van der Waals surface area contributed by atoms with Crippen molar-refractivity contribution in [3.63, 3.8) is 0 Å². The Balaban J connectivity index is 1.59. The molecule has 0 saturated heterocycles. The lowest BCUT2D eigenvalue weighted by molar-refractivity contribution is -0.121. The predicted molar refractivity (Wildman–Crippen MR) is 91.8 cm³/mol.